The van der Waals surface area contributed by atoms with Crippen molar-refractivity contribution in [1.29, 1.82) is 0 Å². The van der Waals surface area contributed by atoms with Crippen LogP contribution in [0.15, 0.2) is 59.4 Å². The van der Waals surface area contributed by atoms with Crippen LogP contribution in [0.25, 0.3) is 10.9 Å². The van der Waals surface area contributed by atoms with E-state index in [0.29, 0.717) is 36.4 Å². The first-order chi connectivity index (χ1) is 12.7. The summed E-state index contributed by atoms with van der Waals surface area (Å²) in [5.41, 5.74) is 1.57. The molecule has 3 rings (SSSR count). The van der Waals surface area contributed by atoms with E-state index in [4.69, 9.17) is 0 Å². The van der Waals surface area contributed by atoms with Gasteiger partial charge in [-0.1, -0.05) is 49.4 Å². The number of nitrogens with zero attached hydrogens (tertiary/aromatic N) is 2. The van der Waals surface area contributed by atoms with Gasteiger partial charge < -0.3 is 10.3 Å². The lowest BCUT2D eigenvalue weighted by atomic mass is 10.2. The van der Waals surface area contributed by atoms with E-state index in [9.17, 15) is 9.59 Å². The summed E-state index contributed by atoms with van der Waals surface area (Å²) >= 11 is 0. The molecule has 1 aromatic heterocycles. The zero-order chi connectivity index (χ0) is 18.4. The molecule has 134 valence electrons. The van der Waals surface area contributed by atoms with Crippen LogP contribution in [0, 0.1) is 0 Å². The molecule has 1 amide bonds. The zero-order valence-electron chi connectivity index (χ0n) is 14.7. The van der Waals surface area contributed by atoms with Gasteiger partial charge >= 0.3 is 0 Å². The highest BCUT2D eigenvalue weighted by Crippen LogP contribution is 2.07. The fourth-order valence-electron chi connectivity index (χ4n) is 2.76. The van der Waals surface area contributed by atoms with Crippen molar-refractivity contribution in [3.05, 3.63) is 76.3 Å². The number of aromatic nitrogens is 2. The standard InChI is InChI=1S/C20H22N4O2/c1-2-24(14-19(25)21-12-15-8-4-3-5-9-15)13-18-22-17-11-7-6-10-16(17)20(26)23-18/h3-11H,2,12-14H2,1H3,(H,21,25)(H,22,23,26). The van der Waals surface area contributed by atoms with Crippen molar-refractivity contribution in [2.45, 2.75) is 20.0 Å². The van der Waals surface area contributed by atoms with Crippen molar-refractivity contribution >= 4 is 16.8 Å². The van der Waals surface area contributed by atoms with Gasteiger partial charge in [0.15, 0.2) is 0 Å². The molecule has 0 atom stereocenters. The Morgan fingerprint density at radius 1 is 1.12 bits per heavy atom. The molecule has 0 fully saturated rings. The number of H-pyrrole nitrogens is 1. The highest BCUT2D eigenvalue weighted by atomic mass is 16.2. The number of rotatable bonds is 7. The number of hydrogen-bond acceptors (Lipinski definition) is 4. The molecule has 0 saturated carbocycles. The number of nitrogens with one attached hydrogen (secondary N) is 2. The number of benzene rings is 2. The average molecular weight is 350 g/mol. The number of fused-ring (bicyclic) bond motifs is 1. The summed E-state index contributed by atoms with van der Waals surface area (Å²) in [6, 6.07) is 17.0. The minimum atomic E-state index is -0.157. The van der Waals surface area contributed by atoms with E-state index < -0.39 is 0 Å². The maximum Gasteiger partial charge on any atom is 0.258 e. The molecule has 0 aliphatic rings. The number of carbonyl (C=O) groups excluding carboxylic acids is 1. The second kappa shape index (κ2) is 8.40. The molecule has 0 unspecified atom stereocenters. The summed E-state index contributed by atoms with van der Waals surface area (Å²) in [7, 11) is 0. The van der Waals surface area contributed by atoms with Gasteiger partial charge in [0, 0.05) is 6.54 Å². The smallest absolute Gasteiger partial charge is 0.258 e. The fraction of sp³-hybridized carbons (Fsp3) is 0.250. The van der Waals surface area contributed by atoms with Gasteiger partial charge in [0.2, 0.25) is 5.91 Å². The second-order valence-electron chi connectivity index (χ2n) is 6.10. The van der Waals surface area contributed by atoms with Crippen LogP contribution in [0.3, 0.4) is 0 Å². The van der Waals surface area contributed by atoms with Crippen molar-refractivity contribution in [2.24, 2.45) is 0 Å². The van der Waals surface area contributed by atoms with Crippen LogP contribution in [0.2, 0.25) is 0 Å². The molecule has 3 aromatic rings. The molecule has 0 saturated heterocycles. The number of para-hydroxylation sites is 1. The average Bonchev–Trinajstić information content (AvgIpc) is 2.67. The molecule has 2 aromatic carbocycles. The van der Waals surface area contributed by atoms with Gasteiger partial charge in [-0.3, -0.25) is 14.5 Å². The summed E-state index contributed by atoms with van der Waals surface area (Å²) in [6.07, 6.45) is 0. The quantitative estimate of drug-likeness (QED) is 0.684. The van der Waals surface area contributed by atoms with Crippen LogP contribution < -0.4 is 10.9 Å². The van der Waals surface area contributed by atoms with Gasteiger partial charge in [-0.25, -0.2) is 4.98 Å². The van der Waals surface area contributed by atoms with E-state index in [1.807, 2.05) is 60.4 Å². The predicted molar refractivity (Wildman–Crippen MR) is 102 cm³/mol. The monoisotopic (exact) mass is 350 g/mol. The van der Waals surface area contributed by atoms with Crippen LogP contribution in [0.4, 0.5) is 0 Å². The third-order valence-corrected chi connectivity index (χ3v) is 4.18. The van der Waals surface area contributed by atoms with E-state index in [-0.39, 0.29) is 18.0 Å². The van der Waals surface area contributed by atoms with Gasteiger partial charge in [0.05, 0.1) is 24.0 Å². The maximum absolute atomic E-state index is 12.2. The Morgan fingerprint density at radius 2 is 1.85 bits per heavy atom. The molecular weight excluding hydrogens is 328 g/mol. The normalized spacial score (nSPS) is 11.0. The molecule has 0 spiro atoms. The lowest BCUT2D eigenvalue weighted by molar-refractivity contribution is -0.122. The van der Waals surface area contributed by atoms with Crippen molar-refractivity contribution in [2.75, 3.05) is 13.1 Å². The molecule has 0 aliphatic heterocycles. The summed E-state index contributed by atoms with van der Waals surface area (Å²) < 4.78 is 0. The van der Waals surface area contributed by atoms with E-state index in [1.54, 1.807) is 6.07 Å². The predicted octanol–water partition coefficient (Wildman–Crippen LogP) is 2.06. The Hall–Kier alpha value is -2.99. The summed E-state index contributed by atoms with van der Waals surface area (Å²) in [5.74, 6) is 0.505. The van der Waals surface area contributed by atoms with E-state index in [0.717, 1.165) is 5.56 Å². The van der Waals surface area contributed by atoms with Gasteiger partial charge in [-0.15, -0.1) is 0 Å². The molecule has 6 heteroatoms. The van der Waals surface area contributed by atoms with Gasteiger partial charge in [0.1, 0.15) is 5.82 Å². The molecule has 0 bridgehead atoms. The molecule has 0 aliphatic carbocycles. The molecule has 0 radical (unpaired) electrons. The number of carbonyl (C=O) groups is 1. The highest BCUT2D eigenvalue weighted by Gasteiger charge is 2.12. The Kier molecular flexibility index (Phi) is 5.76. The van der Waals surface area contributed by atoms with Crippen molar-refractivity contribution in [3.8, 4) is 0 Å². The zero-order valence-corrected chi connectivity index (χ0v) is 14.7. The van der Waals surface area contributed by atoms with Crippen molar-refractivity contribution < 1.29 is 4.79 Å². The summed E-state index contributed by atoms with van der Waals surface area (Å²) in [6.45, 7) is 3.82. The topological polar surface area (TPSA) is 78.1 Å². The number of aromatic amines is 1. The second-order valence-corrected chi connectivity index (χ2v) is 6.10. The molecular formula is C20H22N4O2. The third-order valence-electron chi connectivity index (χ3n) is 4.18. The molecule has 1 heterocycles. The third kappa shape index (κ3) is 4.55. The lowest BCUT2D eigenvalue weighted by Gasteiger charge is -2.19. The van der Waals surface area contributed by atoms with Gasteiger partial charge in [-0.05, 0) is 24.2 Å². The minimum absolute atomic E-state index is 0.0566. The Morgan fingerprint density at radius 3 is 2.62 bits per heavy atom. The van der Waals surface area contributed by atoms with E-state index in [2.05, 4.69) is 15.3 Å². The highest BCUT2D eigenvalue weighted by molar-refractivity contribution is 5.78. The van der Waals surface area contributed by atoms with Crippen molar-refractivity contribution in [1.82, 2.24) is 20.2 Å². The van der Waals surface area contributed by atoms with Gasteiger partial charge in [-0.2, -0.15) is 0 Å². The maximum atomic E-state index is 12.2. The van der Waals surface area contributed by atoms with Crippen LogP contribution in [-0.2, 0) is 17.9 Å². The van der Waals surface area contributed by atoms with Crippen LogP contribution in [0.5, 0.6) is 0 Å². The number of amides is 1. The Bertz CT molecular complexity index is 937. The van der Waals surface area contributed by atoms with Crippen molar-refractivity contribution in [3.63, 3.8) is 0 Å². The Labute approximate surface area is 151 Å². The van der Waals surface area contributed by atoms with E-state index in [1.165, 1.54) is 0 Å². The molecule has 2 N–H and O–H groups in total. The number of likely N-dealkylation sites (N-methyl/N-ethyl adjacent to an activating group) is 1. The lowest BCUT2D eigenvalue weighted by Crippen LogP contribution is -2.37. The van der Waals surface area contributed by atoms with Crippen LogP contribution in [-0.4, -0.2) is 33.9 Å². The van der Waals surface area contributed by atoms with E-state index >= 15 is 0 Å². The van der Waals surface area contributed by atoms with Crippen LogP contribution in [0.1, 0.15) is 18.3 Å². The molecule has 6 nitrogen and oxygen atoms in total. The number of hydrogen-bond donors (Lipinski definition) is 2. The minimum Gasteiger partial charge on any atom is -0.351 e. The SMILES string of the molecule is CCN(CC(=O)NCc1ccccc1)Cc1nc2ccccc2c(=O)[nH]1. The first kappa shape index (κ1) is 17.8. The van der Waals surface area contributed by atoms with Crippen LogP contribution >= 0.6 is 0 Å². The first-order valence-electron chi connectivity index (χ1n) is 8.66. The summed E-state index contributed by atoms with van der Waals surface area (Å²) in [5, 5.41) is 3.49. The Balaban J connectivity index is 1.62. The molecule has 26 heavy (non-hydrogen) atoms. The summed E-state index contributed by atoms with van der Waals surface area (Å²) in [4.78, 5) is 33.6. The fourth-order valence-corrected chi connectivity index (χ4v) is 2.76. The largest absolute Gasteiger partial charge is 0.351 e. The first-order valence-corrected chi connectivity index (χ1v) is 8.66. The van der Waals surface area contributed by atoms with Gasteiger partial charge in [0.25, 0.3) is 5.56 Å².